The van der Waals surface area contributed by atoms with Gasteiger partial charge in [0.25, 0.3) is 0 Å². The Labute approximate surface area is 164 Å². The van der Waals surface area contributed by atoms with E-state index in [1.165, 1.54) is 4.88 Å². The molecular formula is C17H22IN5S. The summed E-state index contributed by atoms with van der Waals surface area (Å²) in [5.74, 6) is 0.796. The molecule has 1 aromatic carbocycles. The SMILES string of the molecule is CCNC(=NCc1ccc(C#N)cc1)NCCc1ncc(C)s1.I. The molecule has 0 spiro atoms. The summed E-state index contributed by atoms with van der Waals surface area (Å²) in [6.45, 7) is 6.31. The minimum atomic E-state index is 0. The van der Waals surface area contributed by atoms with E-state index in [4.69, 9.17) is 5.26 Å². The molecule has 0 unspecified atom stereocenters. The number of aliphatic imine (C=N–C) groups is 1. The zero-order valence-corrected chi connectivity index (χ0v) is 17.0. The van der Waals surface area contributed by atoms with Crippen LogP contribution in [0.2, 0.25) is 0 Å². The highest BCUT2D eigenvalue weighted by Gasteiger charge is 2.01. The van der Waals surface area contributed by atoms with Gasteiger partial charge >= 0.3 is 0 Å². The molecule has 0 atom stereocenters. The largest absolute Gasteiger partial charge is 0.357 e. The second-order valence-corrected chi connectivity index (χ2v) is 6.36. The van der Waals surface area contributed by atoms with E-state index in [1.54, 1.807) is 11.3 Å². The smallest absolute Gasteiger partial charge is 0.191 e. The van der Waals surface area contributed by atoms with Crippen molar-refractivity contribution in [3.63, 3.8) is 0 Å². The van der Waals surface area contributed by atoms with Gasteiger partial charge < -0.3 is 10.6 Å². The van der Waals surface area contributed by atoms with Gasteiger partial charge in [0.05, 0.1) is 23.2 Å². The van der Waals surface area contributed by atoms with Gasteiger partial charge in [-0.3, -0.25) is 0 Å². The molecular weight excluding hydrogens is 433 g/mol. The molecule has 0 radical (unpaired) electrons. The van der Waals surface area contributed by atoms with Crippen LogP contribution >= 0.6 is 35.3 Å². The van der Waals surface area contributed by atoms with Gasteiger partial charge in [-0.1, -0.05) is 12.1 Å². The number of nitrogens with zero attached hydrogens (tertiary/aromatic N) is 3. The molecule has 5 nitrogen and oxygen atoms in total. The van der Waals surface area contributed by atoms with Gasteiger partial charge in [-0.15, -0.1) is 35.3 Å². The molecule has 1 aromatic heterocycles. The number of guanidine groups is 1. The fourth-order valence-electron chi connectivity index (χ4n) is 2.00. The van der Waals surface area contributed by atoms with Crippen molar-refractivity contribution >= 4 is 41.3 Å². The number of hydrogen-bond acceptors (Lipinski definition) is 4. The Morgan fingerprint density at radius 2 is 2.04 bits per heavy atom. The predicted octanol–water partition coefficient (Wildman–Crippen LogP) is 3.24. The van der Waals surface area contributed by atoms with Crippen LogP contribution < -0.4 is 10.6 Å². The molecule has 2 aromatic rings. The Bertz CT molecular complexity index is 688. The van der Waals surface area contributed by atoms with Gasteiger partial charge in [0.1, 0.15) is 0 Å². The molecule has 2 N–H and O–H groups in total. The maximum atomic E-state index is 8.81. The molecule has 128 valence electrons. The van der Waals surface area contributed by atoms with Crippen LogP contribution in [0.25, 0.3) is 0 Å². The van der Waals surface area contributed by atoms with E-state index in [0.717, 1.165) is 36.0 Å². The van der Waals surface area contributed by atoms with E-state index in [0.29, 0.717) is 12.1 Å². The maximum Gasteiger partial charge on any atom is 0.191 e. The van der Waals surface area contributed by atoms with Crippen molar-refractivity contribution < 1.29 is 0 Å². The van der Waals surface area contributed by atoms with Crippen LogP contribution in [0.4, 0.5) is 0 Å². The number of hydrogen-bond donors (Lipinski definition) is 2. The Kier molecular flexibility index (Phi) is 9.34. The van der Waals surface area contributed by atoms with E-state index >= 15 is 0 Å². The molecule has 0 saturated carbocycles. The van der Waals surface area contributed by atoms with Gasteiger partial charge in [-0.05, 0) is 31.5 Å². The molecule has 0 aliphatic carbocycles. The molecule has 1 heterocycles. The van der Waals surface area contributed by atoms with E-state index in [9.17, 15) is 0 Å². The highest BCUT2D eigenvalue weighted by molar-refractivity contribution is 14.0. The lowest BCUT2D eigenvalue weighted by molar-refractivity contribution is 0.796. The highest BCUT2D eigenvalue weighted by atomic mass is 127. The second kappa shape index (κ2) is 11.0. The summed E-state index contributed by atoms with van der Waals surface area (Å²) in [5.41, 5.74) is 1.75. The lowest BCUT2D eigenvalue weighted by Crippen LogP contribution is -2.38. The van der Waals surface area contributed by atoms with E-state index in [1.807, 2.05) is 37.4 Å². The number of benzene rings is 1. The van der Waals surface area contributed by atoms with Crippen LogP contribution in [0.1, 0.15) is 27.9 Å². The Balaban J connectivity index is 0.00000288. The third kappa shape index (κ3) is 6.84. The molecule has 24 heavy (non-hydrogen) atoms. The van der Waals surface area contributed by atoms with Gasteiger partial charge in [-0.2, -0.15) is 5.26 Å². The number of aryl methyl sites for hydroxylation is 1. The minimum Gasteiger partial charge on any atom is -0.357 e. The second-order valence-electron chi connectivity index (χ2n) is 5.05. The molecule has 0 amide bonds. The first kappa shape index (κ1) is 20.4. The van der Waals surface area contributed by atoms with Crippen molar-refractivity contribution in [1.29, 1.82) is 5.26 Å². The fraction of sp³-hybridized carbons (Fsp3) is 0.353. The molecule has 0 fully saturated rings. The predicted molar refractivity (Wildman–Crippen MR) is 110 cm³/mol. The Morgan fingerprint density at radius 3 is 2.62 bits per heavy atom. The average Bonchev–Trinajstić information content (AvgIpc) is 2.98. The summed E-state index contributed by atoms with van der Waals surface area (Å²) in [5, 5.41) is 16.5. The summed E-state index contributed by atoms with van der Waals surface area (Å²) in [6, 6.07) is 9.62. The molecule has 0 saturated heterocycles. The van der Waals surface area contributed by atoms with Crippen LogP contribution in [-0.2, 0) is 13.0 Å². The number of aromatic nitrogens is 1. The molecule has 0 aliphatic heterocycles. The molecule has 2 rings (SSSR count). The first-order chi connectivity index (χ1) is 11.2. The number of rotatable bonds is 6. The van der Waals surface area contributed by atoms with Crippen molar-refractivity contribution in [2.24, 2.45) is 4.99 Å². The van der Waals surface area contributed by atoms with Crippen LogP contribution in [-0.4, -0.2) is 24.0 Å². The number of nitriles is 1. The zero-order valence-electron chi connectivity index (χ0n) is 13.9. The monoisotopic (exact) mass is 455 g/mol. The molecule has 7 heteroatoms. The van der Waals surface area contributed by atoms with Crippen LogP contribution in [0.3, 0.4) is 0 Å². The topological polar surface area (TPSA) is 73.1 Å². The standard InChI is InChI=1S/C17H21N5S.HI/c1-3-19-17(20-9-8-16-21-11-13(2)23-16)22-12-15-6-4-14(10-18)5-7-15;/h4-7,11H,3,8-9,12H2,1-2H3,(H2,19,20,22);1H. The lowest BCUT2D eigenvalue weighted by atomic mass is 10.1. The van der Waals surface area contributed by atoms with Gasteiger partial charge in [0.15, 0.2) is 5.96 Å². The van der Waals surface area contributed by atoms with Crippen molar-refractivity contribution in [3.05, 3.63) is 51.5 Å². The van der Waals surface area contributed by atoms with Crippen molar-refractivity contribution in [2.75, 3.05) is 13.1 Å². The van der Waals surface area contributed by atoms with Gasteiger partial charge in [-0.25, -0.2) is 9.98 Å². The quantitative estimate of drug-likeness (QED) is 0.399. The van der Waals surface area contributed by atoms with Crippen LogP contribution in [0.15, 0.2) is 35.5 Å². The van der Waals surface area contributed by atoms with Gasteiger partial charge in [0.2, 0.25) is 0 Å². The van der Waals surface area contributed by atoms with Crippen molar-refractivity contribution in [2.45, 2.75) is 26.8 Å². The fourth-order valence-corrected chi connectivity index (χ4v) is 2.79. The summed E-state index contributed by atoms with van der Waals surface area (Å²) in [6.07, 6.45) is 2.80. The van der Waals surface area contributed by atoms with E-state index in [2.05, 4.69) is 33.6 Å². The van der Waals surface area contributed by atoms with Crippen LogP contribution in [0, 0.1) is 18.3 Å². The number of halogens is 1. The van der Waals surface area contributed by atoms with Crippen LogP contribution in [0.5, 0.6) is 0 Å². The first-order valence-corrected chi connectivity index (χ1v) is 8.45. The zero-order chi connectivity index (χ0) is 16.5. The van der Waals surface area contributed by atoms with Crippen molar-refractivity contribution in [3.8, 4) is 6.07 Å². The summed E-state index contributed by atoms with van der Waals surface area (Å²) in [4.78, 5) is 10.2. The third-order valence-electron chi connectivity index (χ3n) is 3.15. The van der Waals surface area contributed by atoms with E-state index < -0.39 is 0 Å². The normalized spacial score (nSPS) is 10.6. The lowest BCUT2D eigenvalue weighted by Gasteiger charge is -2.10. The first-order valence-electron chi connectivity index (χ1n) is 7.63. The molecule has 0 bridgehead atoms. The summed E-state index contributed by atoms with van der Waals surface area (Å²) >= 11 is 1.73. The van der Waals surface area contributed by atoms with Crippen molar-refractivity contribution in [1.82, 2.24) is 15.6 Å². The Morgan fingerprint density at radius 1 is 1.29 bits per heavy atom. The molecule has 0 aliphatic rings. The van der Waals surface area contributed by atoms with Gasteiger partial charge in [0, 0.05) is 30.6 Å². The summed E-state index contributed by atoms with van der Waals surface area (Å²) < 4.78 is 0. The van der Waals surface area contributed by atoms with E-state index in [-0.39, 0.29) is 24.0 Å². The number of nitrogens with one attached hydrogen (secondary N) is 2. The number of thiazole rings is 1. The summed E-state index contributed by atoms with van der Waals surface area (Å²) in [7, 11) is 0. The Hall–Kier alpha value is -1.66. The highest BCUT2D eigenvalue weighted by Crippen LogP contribution is 2.10. The third-order valence-corrected chi connectivity index (χ3v) is 4.12. The average molecular weight is 455 g/mol. The minimum absolute atomic E-state index is 0. The maximum absolute atomic E-state index is 8.81.